The fraction of sp³-hybridized carbons (Fsp3) is 0.0870. The number of rotatable bonds is 5. The van der Waals surface area contributed by atoms with Gasteiger partial charge in [0.25, 0.3) is 5.91 Å². The van der Waals surface area contributed by atoms with Crippen molar-refractivity contribution in [3.05, 3.63) is 94.9 Å². The van der Waals surface area contributed by atoms with Crippen molar-refractivity contribution in [3.8, 4) is 0 Å². The van der Waals surface area contributed by atoms with Crippen LogP contribution in [0.3, 0.4) is 0 Å². The Bertz CT molecular complexity index is 1480. The molecule has 0 spiro atoms. The molecule has 0 saturated heterocycles. The third-order valence-electron chi connectivity index (χ3n) is 4.90. The van der Waals surface area contributed by atoms with Crippen LogP contribution in [0.25, 0.3) is 10.9 Å². The van der Waals surface area contributed by atoms with Gasteiger partial charge in [-0.05, 0) is 48.0 Å². The number of carbonyl (C=O) groups excluding carboxylic acids is 1. The Kier molecular flexibility index (Phi) is 6.09. The van der Waals surface area contributed by atoms with Crippen molar-refractivity contribution in [2.24, 2.45) is 0 Å². The standard InChI is InChI=1S/C23H16ClF2N3O3S/c1-33(31,32)21-7-6-17(25)11-20(21)29(23(30)16-3-2-8-27-12-16)13-14-4-5-15-10-18(26)22(24)28-19(15)9-14/h2-12H,13H2,1H3. The molecule has 1 amide bonds. The molecule has 0 atom stereocenters. The van der Waals surface area contributed by atoms with E-state index in [1.54, 1.807) is 24.3 Å². The van der Waals surface area contributed by atoms with E-state index in [4.69, 9.17) is 11.6 Å². The van der Waals surface area contributed by atoms with E-state index in [-0.39, 0.29) is 27.8 Å². The number of anilines is 1. The molecule has 0 aliphatic rings. The summed E-state index contributed by atoms with van der Waals surface area (Å²) >= 11 is 5.79. The fourth-order valence-corrected chi connectivity index (χ4v) is 4.38. The number of pyridine rings is 2. The Balaban J connectivity index is 1.86. The number of nitrogens with zero attached hydrogens (tertiary/aromatic N) is 3. The summed E-state index contributed by atoms with van der Waals surface area (Å²) < 4.78 is 52.7. The minimum Gasteiger partial charge on any atom is -0.302 e. The highest BCUT2D eigenvalue weighted by Gasteiger charge is 2.25. The van der Waals surface area contributed by atoms with Gasteiger partial charge in [0.2, 0.25) is 0 Å². The first-order valence-corrected chi connectivity index (χ1v) is 11.9. The van der Waals surface area contributed by atoms with Gasteiger partial charge >= 0.3 is 0 Å². The Hall–Kier alpha value is -3.43. The zero-order valence-corrected chi connectivity index (χ0v) is 18.7. The van der Waals surface area contributed by atoms with E-state index < -0.39 is 27.4 Å². The van der Waals surface area contributed by atoms with Crippen LogP contribution in [-0.4, -0.2) is 30.5 Å². The normalized spacial score (nSPS) is 11.5. The smallest absolute Gasteiger partial charge is 0.260 e. The summed E-state index contributed by atoms with van der Waals surface area (Å²) in [5, 5.41) is 0.195. The monoisotopic (exact) mass is 487 g/mol. The second-order valence-electron chi connectivity index (χ2n) is 7.31. The second-order valence-corrected chi connectivity index (χ2v) is 9.65. The summed E-state index contributed by atoms with van der Waals surface area (Å²) in [6.07, 6.45) is 3.80. The highest BCUT2D eigenvalue weighted by atomic mass is 35.5. The minimum absolute atomic E-state index is 0.114. The lowest BCUT2D eigenvalue weighted by Gasteiger charge is -2.25. The van der Waals surface area contributed by atoms with Gasteiger partial charge in [0.15, 0.2) is 20.8 Å². The van der Waals surface area contributed by atoms with Crippen LogP contribution in [0.4, 0.5) is 14.5 Å². The Labute approximate surface area is 193 Å². The van der Waals surface area contributed by atoms with Gasteiger partial charge in [-0.3, -0.25) is 9.78 Å². The summed E-state index contributed by atoms with van der Waals surface area (Å²) in [6, 6.07) is 12.3. The molecule has 10 heteroatoms. The number of carbonyl (C=O) groups is 1. The average Bonchev–Trinajstić information content (AvgIpc) is 2.77. The molecule has 0 aliphatic carbocycles. The molecule has 0 N–H and O–H groups in total. The van der Waals surface area contributed by atoms with Gasteiger partial charge in [-0.15, -0.1) is 0 Å². The molecule has 168 valence electrons. The lowest BCUT2D eigenvalue weighted by molar-refractivity contribution is 0.0984. The number of hydrogen-bond acceptors (Lipinski definition) is 5. The molecule has 0 unspecified atom stereocenters. The number of aromatic nitrogens is 2. The quantitative estimate of drug-likeness (QED) is 0.298. The van der Waals surface area contributed by atoms with E-state index >= 15 is 0 Å². The van der Waals surface area contributed by atoms with E-state index in [0.717, 1.165) is 29.4 Å². The first-order valence-electron chi connectivity index (χ1n) is 9.59. The summed E-state index contributed by atoms with van der Waals surface area (Å²) in [6.45, 7) is -0.119. The molecule has 0 aliphatic heterocycles. The lowest BCUT2D eigenvalue weighted by Crippen LogP contribution is -2.32. The van der Waals surface area contributed by atoms with E-state index in [1.807, 2.05) is 0 Å². The van der Waals surface area contributed by atoms with Gasteiger partial charge < -0.3 is 4.90 Å². The Morgan fingerprint density at radius 2 is 1.88 bits per heavy atom. The molecule has 6 nitrogen and oxygen atoms in total. The maximum atomic E-state index is 14.2. The highest BCUT2D eigenvalue weighted by molar-refractivity contribution is 7.90. The van der Waals surface area contributed by atoms with Gasteiger partial charge in [-0.2, -0.15) is 0 Å². The predicted molar refractivity (Wildman–Crippen MR) is 121 cm³/mol. The predicted octanol–water partition coefficient (Wildman–Crippen LogP) is 4.81. The first kappa shape index (κ1) is 22.8. The third-order valence-corrected chi connectivity index (χ3v) is 6.31. The maximum absolute atomic E-state index is 14.2. The van der Waals surface area contributed by atoms with Crippen molar-refractivity contribution in [1.82, 2.24) is 9.97 Å². The van der Waals surface area contributed by atoms with Gasteiger partial charge in [-0.1, -0.05) is 23.7 Å². The van der Waals surface area contributed by atoms with Crippen molar-refractivity contribution in [3.63, 3.8) is 0 Å². The van der Waals surface area contributed by atoms with Crippen LogP contribution in [0, 0.1) is 11.6 Å². The van der Waals surface area contributed by atoms with E-state index in [9.17, 15) is 22.0 Å². The molecule has 0 saturated carbocycles. The summed E-state index contributed by atoms with van der Waals surface area (Å²) in [5.74, 6) is -1.95. The molecule has 33 heavy (non-hydrogen) atoms. The molecule has 0 bridgehead atoms. The number of benzene rings is 2. The summed E-state index contributed by atoms with van der Waals surface area (Å²) in [5.41, 5.74) is 0.996. The van der Waals surface area contributed by atoms with Gasteiger partial charge in [0.05, 0.1) is 28.2 Å². The van der Waals surface area contributed by atoms with Crippen LogP contribution in [-0.2, 0) is 16.4 Å². The molecule has 0 radical (unpaired) electrons. The van der Waals surface area contributed by atoms with Crippen molar-refractivity contribution in [2.45, 2.75) is 11.4 Å². The average molecular weight is 488 g/mol. The highest BCUT2D eigenvalue weighted by Crippen LogP contribution is 2.30. The van der Waals surface area contributed by atoms with Crippen LogP contribution >= 0.6 is 11.6 Å². The van der Waals surface area contributed by atoms with Crippen molar-refractivity contribution in [1.29, 1.82) is 0 Å². The minimum atomic E-state index is -3.80. The number of fused-ring (bicyclic) bond motifs is 1. The van der Waals surface area contributed by atoms with E-state index in [0.29, 0.717) is 16.5 Å². The zero-order chi connectivity index (χ0) is 23.8. The molecule has 0 fully saturated rings. The Morgan fingerprint density at radius 3 is 2.58 bits per heavy atom. The lowest BCUT2D eigenvalue weighted by atomic mass is 10.1. The SMILES string of the molecule is CS(=O)(=O)c1ccc(F)cc1N(Cc1ccc2cc(F)c(Cl)nc2c1)C(=O)c1cccnc1. The number of hydrogen-bond donors (Lipinski definition) is 0. The molecule has 4 rings (SSSR count). The van der Waals surface area contributed by atoms with Gasteiger partial charge in [0, 0.05) is 24.0 Å². The number of amides is 1. The van der Waals surface area contributed by atoms with Crippen molar-refractivity contribution < 1.29 is 22.0 Å². The van der Waals surface area contributed by atoms with E-state index in [1.165, 1.54) is 24.5 Å². The molecule has 2 aromatic heterocycles. The largest absolute Gasteiger partial charge is 0.302 e. The zero-order valence-electron chi connectivity index (χ0n) is 17.2. The van der Waals surface area contributed by atoms with Gasteiger partial charge in [-0.25, -0.2) is 22.2 Å². The number of halogens is 3. The summed E-state index contributed by atoms with van der Waals surface area (Å²) in [4.78, 5) is 22.3. The van der Waals surface area contributed by atoms with E-state index in [2.05, 4.69) is 9.97 Å². The topological polar surface area (TPSA) is 80.2 Å². The Morgan fingerprint density at radius 1 is 1.09 bits per heavy atom. The van der Waals surface area contributed by atoms with Crippen molar-refractivity contribution >= 4 is 43.9 Å². The second kappa shape index (κ2) is 8.84. The van der Waals surface area contributed by atoms with Crippen LogP contribution in [0.2, 0.25) is 5.15 Å². The number of sulfone groups is 1. The maximum Gasteiger partial charge on any atom is 0.260 e. The summed E-state index contributed by atoms with van der Waals surface area (Å²) in [7, 11) is -3.80. The van der Waals surface area contributed by atoms with Gasteiger partial charge in [0.1, 0.15) is 5.82 Å². The first-order chi connectivity index (χ1) is 15.6. The molecule has 2 heterocycles. The molecular weight excluding hydrogens is 472 g/mol. The molecule has 2 aromatic carbocycles. The molecule has 4 aromatic rings. The van der Waals surface area contributed by atoms with Crippen LogP contribution < -0.4 is 4.90 Å². The molecular formula is C23H16ClF2N3O3S. The van der Waals surface area contributed by atoms with Crippen LogP contribution in [0.15, 0.2) is 71.9 Å². The van der Waals surface area contributed by atoms with Crippen LogP contribution in [0.1, 0.15) is 15.9 Å². The van der Waals surface area contributed by atoms with Crippen molar-refractivity contribution in [2.75, 3.05) is 11.2 Å². The fourth-order valence-electron chi connectivity index (χ4n) is 3.37. The third kappa shape index (κ3) is 4.84. The van der Waals surface area contributed by atoms with Crippen LogP contribution in [0.5, 0.6) is 0 Å².